The van der Waals surface area contributed by atoms with Crippen LogP contribution in [0.25, 0.3) is 0 Å². The molecular weight excluding hydrogens is 901 g/mol. The molecule has 0 amide bonds. The van der Waals surface area contributed by atoms with Crippen LogP contribution in [0.15, 0.2) is 236 Å². The summed E-state index contributed by atoms with van der Waals surface area (Å²) in [5.74, 6) is 0.434. The fraction of sp³-hybridized carbons (Fsp3) is 0.214. The van der Waals surface area contributed by atoms with Crippen molar-refractivity contribution in [1.29, 1.82) is 0 Å². The lowest BCUT2D eigenvalue weighted by Gasteiger charge is -2.00. The fourth-order valence-corrected chi connectivity index (χ4v) is 7.13. The van der Waals surface area contributed by atoms with Crippen LogP contribution in [0, 0.1) is 0 Å². The Morgan fingerprint density at radius 2 is 0.431 bits per heavy atom. The molecule has 16 heteroatoms. The van der Waals surface area contributed by atoms with E-state index in [-0.39, 0.29) is 11.5 Å². The van der Waals surface area contributed by atoms with Crippen LogP contribution in [-0.4, -0.2) is 10.2 Å². The molecule has 8 rings (SSSR count). The molecule has 0 aliphatic heterocycles. The van der Waals surface area contributed by atoms with Crippen molar-refractivity contribution in [3.8, 4) is 11.5 Å². The van der Waals surface area contributed by atoms with Gasteiger partial charge in [-0.25, -0.2) is 18.3 Å². The molecule has 8 aromatic rings. The van der Waals surface area contributed by atoms with E-state index in [0.29, 0.717) is 11.4 Å². The third kappa shape index (κ3) is 18.5. The predicted molar refractivity (Wildman–Crippen MR) is 278 cm³/mol. The van der Waals surface area contributed by atoms with Crippen molar-refractivity contribution in [2.45, 2.75) is 77.5 Å². The highest BCUT2D eigenvalue weighted by Crippen LogP contribution is 2.23. The number of benzene rings is 4. The Bertz CT molecular complexity index is 2540. The van der Waals surface area contributed by atoms with Crippen LogP contribution in [0.3, 0.4) is 0 Å². The van der Waals surface area contributed by atoms with Gasteiger partial charge in [-0.15, -0.1) is 0 Å². The average molecular weight is 963 g/mol. The number of hydrogen-bond acceptors (Lipinski definition) is 12. The molecule has 0 bridgehead atoms. The molecule has 0 aliphatic rings. The van der Waals surface area contributed by atoms with Crippen molar-refractivity contribution in [1.82, 2.24) is 0 Å². The number of nitrogens with two attached hydrogens (primary N) is 2. The van der Waals surface area contributed by atoms with Crippen molar-refractivity contribution >= 4 is 56.9 Å². The number of pyridine rings is 4. The van der Waals surface area contributed by atoms with E-state index in [9.17, 15) is 10.2 Å². The molecule has 0 aliphatic carbocycles. The van der Waals surface area contributed by atoms with E-state index in [1.165, 1.54) is 25.7 Å². The molecule has 72 heavy (non-hydrogen) atoms. The smallest absolute Gasteiger partial charge is 0.171 e. The average Bonchev–Trinajstić information content (AvgIpc) is 3.41. The second-order valence-corrected chi connectivity index (χ2v) is 17.0. The van der Waals surface area contributed by atoms with Crippen LogP contribution in [0.4, 0.5) is 56.9 Å². The highest BCUT2D eigenvalue weighted by Gasteiger charge is 2.06. The van der Waals surface area contributed by atoms with Gasteiger partial charge >= 0.3 is 0 Å². The van der Waals surface area contributed by atoms with Crippen LogP contribution >= 0.6 is 0 Å². The van der Waals surface area contributed by atoms with Gasteiger partial charge in [0.1, 0.15) is 37.7 Å². The number of aromatic nitrogens is 4. The Morgan fingerprint density at radius 1 is 0.250 bits per heavy atom. The number of phenols is 2. The molecule has 364 valence electrons. The number of aromatic hydroxyl groups is 2. The highest BCUT2D eigenvalue weighted by atomic mass is 16.3. The molecule has 0 unspecified atom stereocenters. The molecule has 0 fully saturated rings. The van der Waals surface area contributed by atoms with E-state index in [1.807, 2.05) is 122 Å². The van der Waals surface area contributed by atoms with E-state index < -0.39 is 0 Å². The SMILES string of the molecule is Nc1ccc(N=Nc2cc[n+](CCCCCC[n+]3ccc(N=Nc4ccc(N)cc4)cc3)cc2)cc1.Oc1ccc(N=Nc2cc[n+](CCCCCC[n+]3ccc(N=Nc4ccc(O)cc4)cc3)cc2)cc1. The van der Waals surface area contributed by atoms with Gasteiger partial charge in [0.05, 0.1) is 45.5 Å². The Morgan fingerprint density at radius 3 is 0.639 bits per heavy atom. The zero-order chi connectivity index (χ0) is 50.0. The molecule has 0 radical (unpaired) electrons. The van der Waals surface area contributed by atoms with Gasteiger partial charge in [0.25, 0.3) is 0 Å². The summed E-state index contributed by atoms with van der Waals surface area (Å²) < 4.78 is 8.71. The molecular formula is C56H62N14O2+4. The number of rotatable bonds is 22. The minimum atomic E-state index is 0.217. The molecule has 0 atom stereocenters. The number of unbranched alkanes of at least 4 members (excludes halogenated alkanes) is 6. The Hall–Kier alpha value is -8.92. The largest absolute Gasteiger partial charge is 0.508 e. The fourth-order valence-electron chi connectivity index (χ4n) is 7.13. The molecule has 4 heterocycles. The quantitative estimate of drug-likeness (QED) is 0.0226. The second kappa shape index (κ2) is 27.9. The summed E-state index contributed by atoms with van der Waals surface area (Å²) in [5, 5.41) is 52.5. The first-order chi connectivity index (χ1) is 35.3. The van der Waals surface area contributed by atoms with Crippen LogP contribution in [0.1, 0.15) is 51.4 Å². The first kappa shape index (κ1) is 50.9. The number of azo groups is 4. The lowest BCUT2D eigenvalue weighted by atomic mass is 10.2. The van der Waals surface area contributed by atoms with E-state index in [1.54, 1.807) is 48.5 Å². The minimum absolute atomic E-state index is 0.217. The molecule has 4 aromatic heterocycles. The van der Waals surface area contributed by atoms with Gasteiger partial charge in [-0.3, -0.25) is 0 Å². The van der Waals surface area contributed by atoms with Crippen molar-refractivity contribution < 1.29 is 28.5 Å². The molecule has 4 aromatic carbocycles. The van der Waals surface area contributed by atoms with Gasteiger partial charge in [0.2, 0.25) is 0 Å². The summed E-state index contributed by atoms with van der Waals surface area (Å²) in [6.07, 6.45) is 25.6. The summed E-state index contributed by atoms with van der Waals surface area (Å²) in [6, 6.07) is 43.7. The zero-order valence-corrected chi connectivity index (χ0v) is 40.4. The summed E-state index contributed by atoms with van der Waals surface area (Å²) in [5.41, 5.74) is 19.1. The monoisotopic (exact) mass is 963 g/mol. The van der Waals surface area contributed by atoms with Gasteiger partial charge in [-0.1, -0.05) is 0 Å². The van der Waals surface area contributed by atoms with Gasteiger partial charge in [-0.2, -0.15) is 40.9 Å². The third-order valence-corrected chi connectivity index (χ3v) is 11.3. The number of nitrogens with zero attached hydrogens (tertiary/aromatic N) is 12. The molecule has 0 spiro atoms. The van der Waals surface area contributed by atoms with E-state index in [0.717, 1.165) is 97.4 Å². The Labute approximate surface area is 420 Å². The van der Waals surface area contributed by atoms with Gasteiger partial charge in [0.15, 0.2) is 49.6 Å². The summed E-state index contributed by atoms with van der Waals surface area (Å²) in [7, 11) is 0. The number of phenolic OH excluding ortho intramolecular Hbond substituents is 2. The maximum Gasteiger partial charge on any atom is 0.171 e. The number of aryl methyl sites for hydroxylation is 4. The Balaban J connectivity index is 0.000000211. The minimum Gasteiger partial charge on any atom is -0.508 e. The molecule has 0 saturated heterocycles. The van der Waals surface area contributed by atoms with Crippen LogP contribution in [0.5, 0.6) is 11.5 Å². The first-order valence-corrected chi connectivity index (χ1v) is 24.2. The lowest BCUT2D eigenvalue weighted by molar-refractivity contribution is -0.698. The Kier molecular flexibility index (Phi) is 19.8. The summed E-state index contributed by atoms with van der Waals surface area (Å²) in [4.78, 5) is 0. The van der Waals surface area contributed by atoms with E-state index >= 15 is 0 Å². The number of anilines is 2. The molecule has 6 N–H and O–H groups in total. The highest BCUT2D eigenvalue weighted by molar-refractivity contribution is 5.49. The topological polar surface area (TPSA) is 207 Å². The zero-order valence-electron chi connectivity index (χ0n) is 40.4. The lowest BCUT2D eigenvalue weighted by Crippen LogP contribution is -2.33. The number of nitrogen functional groups attached to an aromatic ring is 2. The molecule has 0 saturated carbocycles. The van der Waals surface area contributed by atoms with E-state index in [2.05, 4.69) is 84.0 Å². The van der Waals surface area contributed by atoms with E-state index in [4.69, 9.17) is 11.5 Å². The van der Waals surface area contributed by atoms with Gasteiger partial charge in [-0.05, 0) is 123 Å². The van der Waals surface area contributed by atoms with Crippen LogP contribution < -0.4 is 29.7 Å². The summed E-state index contributed by atoms with van der Waals surface area (Å²) in [6.45, 7) is 3.94. The van der Waals surface area contributed by atoms with Crippen molar-refractivity contribution in [3.63, 3.8) is 0 Å². The number of hydrogen-bond donors (Lipinski definition) is 4. The van der Waals surface area contributed by atoms with Gasteiger partial charge < -0.3 is 21.7 Å². The second-order valence-electron chi connectivity index (χ2n) is 17.0. The van der Waals surface area contributed by atoms with Crippen LogP contribution in [0.2, 0.25) is 0 Å². The van der Waals surface area contributed by atoms with Crippen molar-refractivity contribution in [2.24, 2.45) is 40.9 Å². The van der Waals surface area contributed by atoms with Crippen molar-refractivity contribution in [3.05, 3.63) is 195 Å². The van der Waals surface area contributed by atoms with Crippen molar-refractivity contribution in [2.75, 3.05) is 11.5 Å². The maximum absolute atomic E-state index is 9.32. The molecule has 16 nitrogen and oxygen atoms in total. The van der Waals surface area contributed by atoms with Crippen LogP contribution in [-0.2, 0) is 26.2 Å². The third-order valence-electron chi connectivity index (χ3n) is 11.3. The van der Waals surface area contributed by atoms with Gasteiger partial charge in [0, 0.05) is 85.6 Å². The maximum atomic E-state index is 9.32. The normalized spacial score (nSPS) is 11.4. The first-order valence-electron chi connectivity index (χ1n) is 24.2. The standard InChI is InChI=1S/C28H30N8.C28H28N6O2/c29-23-5-9-25(10-6-23)31-33-27-13-19-35(20-14-27)17-3-1-2-4-18-36-21-15-28(16-22-36)34-32-26-11-7-24(30)8-12-26;35-27-9-5-23(6-10-27)29-31-25-13-19-33(20-14-25)17-3-1-2-4-18-34-21-15-26(16-22-34)32-30-24-7-11-28(36)12-8-24/h5-16,19-22,29-30H,1-4,17-18H2;5-16,19-22H,1-4,17-18H2/p+4. The summed E-state index contributed by atoms with van der Waals surface area (Å²) >= 11 is 0. The predicted octanol–water partition coefficient (Wildman–Crippen LogP) is 13.3.